The lowest BCUT2D eigenvalue weighted by atomic mass is 9.77. The summed E-state index contributed by atoms with van der Waals surface area (Å²) in [5.74, 6) is 1.34. The van der Waals surface area contributed by atoms with E-state index in [0.29, 0.717) is 49.8 Å². The zero-order chi connectivity index (χ0) is 19.8. The Hall–Kier alpha value is -2.28. The summed E-state index contributed by atoms with van der Waals surface area (Å²) in [4.78, 5) is 26.2. The third-order valence-electron chi connectivity index (χ3n) is 6.14. The molecule has 0 unspecified atom stereocenters. The van der Waals surface area contributed by atoms with E-state index in [0.717, 1.165) is 0 Å². The van der Waals surface area contributed by atoms with Gasteiger partial charge in [0.05, 0.1) is 18.8 Å². The number of carbonyl (C=O) groups is 2. The SMILES string of the molecule is CC(=O)N[C@@H]1C[C@@H]2CN(C(=O)c3cc(O)cc(OCC4CC4)c3)C[C@@H]2C[C@H]1O. The van der Waals surface area contributed by atoms with E-state index in [1.165, 1.54) is 31.9 Å². The second-order valence-corrected chi connectivity index (χ2v) is 8.55. The Labute approximate surface area is 164 Å². The summed E-state index contributed by atoms with van der Waals surface area (Å²) in [6.45, 7) is 3.25. The molecule has 0 aromatic heterocycles. The van der Waals surface area contributed by atoms with Gasteiger partial charge in [-0.3, -0.25) is 9.59 Å². The Kier molecular flexibility index (Phi) is 5.19. The van der Waals surface area contributed by atoms with Gasteiger partial charge < -0.3 is 25.2 Å². The molecule has 1 heterocycles. The van der Waals surface area contributed by atoms with E-state index in [1.807, 2.05) is 0 Å². The van der Waals surface area contributed by atoms with Crippen LogP contribution in [0.3, 0.4) is 0 Å². The zero-order valence-corrected chi connectivity index (χ0v) is 16.1. The van der Waals surface area contributed by atoms with Crippen molar-refractivity contribution >= 4 is 11.8 Å². The van der Waals surface area contributed by atoms with Crippen LogP contribution in [-0.2, 0) is 4.79 Å². The van der Waals surface area contributed by atoms with Crippen LogP contribution in [0.25, 0.3) is 0 Å². The molecule has 4 atom stereocenters. The molecule has 3 fully saturated rings. The van der Waals surface area contributed by atoms with Crippen molar-refractivity contribution in [3.8, 4) is 11.5 Å². The number of nitrogens with zero attached hydrogens (tertiary/aromatic N) is 1. The van der Waals surface area contributed by atoms with Crippen LogP contribution in [0.4, 0.5) is 0 Å². The quantitative estimate of drug-likeness (QED) is 0.710. The monoisotopic (exact) mass is 388 g/mol. The fraction of sp³-hybridized carbons (Fsp3) is 0.619. The minimum absolute atomic E-state index is 0.0226. The highest BCUT2D eigenvalue weighted by Gasteiger charge is 2.43. The van der Waals surface area contributed by atoms with Crippen molar-refractivity contribution in [2.45, 2.75) is 44.8 Å². The Balaban J connectivity index is 1.42. The second kappa shape index (κ2) is 7.62. The van der Waals surface area contributed by atoms with Crippen LogP contribution in [-0.4, -0.2) is 58.8 Å². The first-order valence-corrected chi connectivity index (χ1v) is 10.1. The Morgan fingerprint density at radius 1 is 1.18 bits per heavy atom. The highest BCUT2D eigenvalue weighted by molar-refractivity contribution is 5.95. The number of phenols is 1. The van der Waals surface area contributed by atoms with E-state index in [-0.39, 0.29) is 35.4 Å². The van der Waals surface area contributed by atoms with Crippen LogP contribution in [0, 0.1) is 17.8 Å². The van der Waals surface area contributed by atoms with Crippen LogP contribution in [0.15, 0.2) is 18.2 Å². The number of likely N-dealkylation sites (tertiary alicyclic amines) is 1. The van der Waals surface area contributed by atoms with Crippen molar-refractivity contribution in [1.82, 2.24) is 10.2 Å². The maximum absolute atomic E-state index is 13.0. The lowest BCUT2D eigenvalue weighted by molar-refractivity contribution is -0.121. The molecule has 1 aromatic carbocycles. The van der Waals surface area contributed by atoms with Gasteiger partial charge in [-0.25, -0.2) is 0 Å². The van der Waals surface area contributed by atoms with Gasteiger partial charge in [-0.1, -0.05) is 0 Å². The van der Waals surface area contributed by atoms with Gasteiger partial charge in [-0.05, 0) is 55.6 Å². The molecule has 1 aliphatic heterocycles. The number of ether oxygens (including phenoxy) is 1. The van der Waals surface area contributed by atoms with Crippen LogP contribution >= 0.6 is 0 Å². The summed E-state index contributed by atoms with van der Waals surface area (Å²) in [5, 5.41) is 23.1. The fourth-order valence-electron chi connectivity index (χ4n) is 4.48. The number of nitrogens with one attached hydrogen (secondary N) is 1. The molecule has 7 heteroatoms. The zero-order valence-electron chi connectivity index (χ0n) is 16.1. The molecule has 3 N–H and O–H groups in total. The lowest BCUT2D eigenvalue weighted by Gasteiger charge is -2.35. The number of hydrogen-bond acceptors (Lipinski definition) is 5. The van der Waals surface area contributed by atoms with Gasteiger partial charge in [0.15, 0.2) is 0 Å². The standard InChI is InChI=1S/C21H28N2O5/c1-12(24)22-19-6-15-9-23(10-16(15)7-20(19)26)21(27)14-4-17(25)8-18(5-14)28-11-13-2-3-13/h4-5,8,13,15-16,19-20,25-26H,2-3,6-7,9-11H2,1H3,(H,22,24)/t15-,16+,19-,20-/m1/s1. The lowest BCUT2D eigenvalue weighted by Crippen LogP contribution is -2.48. The molecule has 28 heavy (non-hydrogen) atoms. The molecule has 2 saturated carbocycles. The molecule has 0 radical (unpaired) electrons. The number of carbonyl (C=O) groups excluding carboxylic acids is 2. The normalized spacial score (nSPS) is 29.3. The number of aliphatic hydroxyl groups excluding tert-OH is 1. The number of phenolic OH excluding ortho intramolecular Hbond substituents is 1. The van der Waals surface area contributed by atoms with Crippen LogP contribution in [0.5, 0.6) is 11.5 Å². The van der Waals surface area contributed by atoms with Crippen molar-refractivity contribution in [1.29, 1.82) is 0 Å². The molecule has 1 aromatic rings. The molecule has 2 aliphatic carbocycles. The highest BCUT2D eigenvalue weighted by atomic mass is 16.5. The second-order valence-electron chi connectivity index (χ2n) is 8.55. The number of aromatic hydroxyl groups is 1. The minimum atomic E-state index is -0.580. The van der Waals surface area contributed by atoms with Crippen molar-refractivity contribution in [2.75, 3.05) is 19.7 Å². The molecular weight excluding hydrogens is 360 g/mol. The average molecular weight is 388 g/mol. The Morgan fingerprint density at radius 3 is 2.57 bits per heavy atom. The van der Waals surface area contributed by atoms with E-state index >= 15 is 0 Å². The highest BCUT2D eigenvalue weighted by Crippen LogP contribution is 2.37. The molecule has 4 rings (SSSR count). The summed E-state index contributed by atoms with van der Waals surface area (Å²) in [6, 6.07) is 4.46. The summed E-state index contributed by atoms with van der Waals surface area (Å²) in [6.07, 6.45) is 3.02. The predicted molar refractivity (Wildman–Crippen MR) is 102 cm³/mol. The van der Waals surface area contributed by atoms with Gasteiger partial charge in [-0.15, -0.1) is 0 Å². The molecule has 152 valence electrons. The number of fused-ring (bicyclic) bond motifs is 1. The number of benzene rings is 1. The fourth-order valence-corrected chi connectivity index (χ4v) is 4.48. The Bertz CT molecular complexity index is 763. The van der Waals surface area contributed by atoms with E-state index in [1.54, 1.807) is 11.0 Å². The summed E-state index contributed by atoms with van der Waals surface area (Å²) in [7, 11) is 0. The smallest absolute Gasteiger partial charge is 0.254 e. The van der Waals surface area contributed by atoms with Crippen molar-refractivity contribution < 1.29 is 24.5 Å². The number of amides is 2. The van der Waals surface area contributed by atoms with E-state index < -0.39 is 6.10 Å². The minimum Gasteiger partial charge on any atom is -0.508 e. The molecule has 7 nitrogen and oxygen atoms in total. The van der Waals surface area contributed by atoms with Crippen molar-refractivity contribution in [3.05, 3.63) is 23.8 Å². The largest absolute Gasteiger partial charge is 0.508 e. The van der Waals surface area contributed by atoms with Crippen LogP contribution < -0.4 is 10.1 Å². The van der Waals surface area contributed by atoms with Crippen LogP contribution in [0.2, 0.25) is 0 Å². The van der Waals surface area contributed by atoms with Gasteiger partial charge in [0.2, 0.25) is 5.91 Å². The maximum atomic E-state index is 13.0. The van der Waals surface area contributed by atoms with E-state index in [2.05, 4.69) is 5.32 Å². The third-order valence-corrected chi connectivity index (χ3v) is 6.14. The van der Waals surface area contributed by atoms with Crippen molar-refractivity contribution in [3.63, 3.8) is 0 Å². The molecule has 1 saturated heterocycles. The first kappa shape index (κ1) is 19.1. The maximum Gasteiger partial charge on any atom is 0.254 e. The summed E-state index contributed by atoms with van der Waals surface area (Å²) in [5.41, 5.74) is 0.420. The average Bonchev–Trinajstić information content (AvgIpc) is 3.38. The first-order valence-electron chi connectivity index (χ1n) is 10.1. The predicted octanol–water partition coefficient (Wildman–Crippen LogP) is 1.53. The Morgan fingerprint density at radius 2 is 1.89 bits per heavy atom. The van der Waals surface area contributed by atoms with Gasteiger partial charge in [-0.2, -0.15) is 0 Å². The van der Waals surface area contributed by atoms with Crippen LogP contribution in [0.1, 0.15) is 43.0 Å². The molecular formula is C21H28N2O5. The topological polar surface area (TPSA) is 99.1 Å². The van der Waals surface area contributed by atoms with Crippen molar-refractivity contribution in [2.24, 2.45) is 17.8 Å². The summed E-state index contributed by atoms with van der Waals surface area (Å²) >= 11 is 0. The molecule has 0 spiro atoms. The van der Waals surface area contributed by atoms with Gasteiger partial charge in [0, 0.05) is 31.6 Å². The molecule has 2 amide bonds. The van der Waals surface area contributed by atoms with Gasteiger partial charge >= 0.3 is 0 Å². The van der Waals surface area contributed by atoms with Gasteiger partial charge in [0.1, 0.15) is 11.5 Å². The third kappa shape index (κ3) is 4.24. The van der Waals surface area contributed by atoms with E-state index in [4.69, 9.17) is 4.74 Å². The first-order chi connectivity index (χ1) is 13.4. The van der Waals surface area contributed by atoms with Gasteiger partial charge in [0.25, 0.3) is 5.91 Å². The number of hydrogen-bond donors (Lipinski definition) is 3. The number of rotatable bonds is 5. The molecule has 0 bridgehead atoms. The summed E-state index contributed by atoms with van der Waals surface area (Å²) < 4.78 is 5.72. The van der Waals surface area contributed by atoms with E-state index in [9.17, 15) is 19.8 Å². The number of aliphatic hydroxyl groups is 1. The molecule has 3 aliphatic rings.